The lowest BCUT2D eigenvalue weighted by molar-refractivity contribution is -0.139. The molecule has 2 fully saturated rings. The molecule has 2 N–H and O–H groups in total. The van der Waals surface area contributed by atoms with Gasteiger partial charge in [0.25, 0.3) is 0 Å². The van der Waals surface area contributed by atoms with Crippen LogP contribution < -0.4 is 10.6 Å². The Kier molecular flexibility index (Phi) is 5.28. The maximum atomic E-state index is 11.7. The van der Waals surface area contributed by atoms with Gasteiger partial charge in [-0.05, 0) is 50.3 Å². The highest BCUT2D eigenvalue weighted by Gasteiger charge is 2.27. The summed E-state index contributed by atoms with van der Waals surface area (Å²) < 4.78 is 0. The average Bonchev–Trinajstić information content (AvgIpc) is 3.39. The molecule has 2 aliphatic rings. The van der Waals surface area contributed by atoms with E-state index in [4.69, 9.17) is 0 Å². The standard InChI is InChI=1S/C18H25N3O2/c22-17(18(23)20-16-6-7-16)19-12-14-8-10-21(11-9-14)13-15-4-2-1-3-5-15/h1-5,14,16H,6-13H2,(H,19,22)(H,20,23). The molecular weight excluding hydrogens is 290 g/mol. The summed E-state index contributed by atoms with van der Waals surface area (Å²) in [6, 6.07) is 10.7. The first-order valence-electron chi connectivity index (χ1n) is 8.55. The Labute approximate surface area is 137 Å². The molecule has 0 radical (unpaired) electrons. The van der Waals surface area contributed by atoms with E-state index < -0.39 is 11.8 Å². The summed E-state index contributed by atoms with van der Waals surface area (Å²) in [5.74, 6) is -0.489. The van der Waals surface area contributed by atoms with E-state index in [9.17, 15) is 9.59 Å². The number of benzene rings is 1. The van der Waals surface area contributed by atoms with E-state index in [-0.39, 0.29) is 6.04 Å². The second-order valence-corrected chi connectivity index (χ2v) is 6.66. The van der Waals surface area contributed by atoms with Crippen LogP contribution in [0, 0.1) is 5.92 Å². The molecule has 124 valence electrons. The van der Waals surface area contributed by atoms with Gasteiger partial charge < -0.3 is 10.6 Å². The topological polar surface area (TPSA) is 61.4 Å². The van der Waals surface area contributed by atoms with Crippen molar-refractivity contribution in [3.05, 3.63) is 35.9 Å². The lowest BCUT2D eigenvalue weighted by atomic mass is 9.96. The van der Waals surface area contributed by atoms with Crippen molar-refractivity contribution in [2.24, 2.45) is 5.92 Å². The van der Waals surface area contributed by atoms with E-state index in [0.29, 0.717) is 12.5 Å². The minimum Gasteiger partial charge on any atom is -0.348 e. The summed E-state index contributed by atoms with van der Waals surface area (Å²) in [6.45, 7) is 3.69. The summed E-state index contributed by atoms with van der Waals surface area (Å²) in [4.78, 5) is 25.8. The Hall–Kier alpha value is -1.88. The molecular formula is C18H25N3O2. The number of hydrogen-bond acceptors (Lipinski definition) is 3. The van der Waals surface area contributed by atoms with Gasteiger partial charge in [0, 0.05) is 19.1 Å². The van der Waals surface area contributed by atoms with Crippen molar-refractivity contribution in [3.8, 4) is 0 Å². The molecule has 3 rings (SSSR count). The van der Waals surface area contributed by atoms with Gasteiger partial charge in [0.15, 0.2) is 0 Å². The van der Waals surface area contributed by atoms with Gasteiger partial charge in [0.05, 0.1) is 0 Å². The van der Waals surface area contributed by atoms with Crippen molar-refractivity contribution in [1.29, 1.82) is 0 Å². The molecule has 1 saturated carbocycles. The highest BCUT2D eigenvalue weighted by molar-refractivity contribution is 6.35. The van der Waals surface area contributed by atoms with E-state index in [0.717, 1.165) is 45.3 Å². The molecule has 23 heavy (non-hydrogen) atoms. The van der Waals surface area contributed by atoms with Crippen molar-refractivity contribution >= 4 is 11.8 Å². The Bertz CT molecular complexity index is 534. The molecule has 1 heterocycles. The van der Waals surface area contributed by atoms with Crippen molar-refractivity contribution in [1.82, 2.24) is 15.5 Å². The van der Waals surface area contributed by atoms with Gasteiger partial charge in [-0.1, -0.05) is 30.3 Å². The molecule has 1 aromatic rings. The van der Waals surface area contributed by atoms with Crippen LogP contribution in [0.4, 0.5) is 0 Å². The fourth-order valence-electron chi connectivity index (χ4n) is 2.99. The normalized spacial score (nSPS) is 19.3. The number of amides is 2. The molecule has 5 heteroatoms. The summed E-state index contributed by atoms with van der Waals surface area (Å²) in [5, 5.41) is 5.50. The van der Waals surface area contributed by atoms with E-state index >= 15 is 0 Å². The van der Waals surface area contributed by atoms with E-state index in [1.165, 1.54) is 5.56 Å². The Balaban J connectivity index is 1.34. The number of carbonyl (C=O) groups excluding carboxylic acids is 2. The van der Waals surface area contributed by atoms with Crippen LogP contribution >= 0.6 is 0 Å². The average molecular weight is 315 g/mol. The molecule has 1 aliphatic carbocycles. The van der Waals surface area contributed by atoms with Gasteiger partial charge in [0.1, 0.15) is 0 Å². The third kappa shape index (κ3) is 5.06. The SMILES string of the molecule is O=C(NCC1CCN(Cc2ccccc2)CC1)C(=O)NC1CC1. The zero-order valence-corrected chi connectivity index (χ0v) is 13.5. The Morgan fingerprint density at radius 3 is 2.35 bits per heavy atom. The molecule has 1 aliphatic heterocycles. The van der Waals surface area contributed by atoms with E-state index in [2.05, 4.69) is 39.8 Å². The molecule has 0 spiro atoms. The quantitative estimate of drug-likeness (QED) is 0.805. The summed E-state index contributed by atoms with van der Waals surface area (Å²) in [6.07, 6.45) is 4.13. The van der Waals surface area contributed by atoms with Gasteiger partial charge in [-0.2, -0.15) is 0 Å². The number of hydrogen-bond donors (Lipinski definition) is 2. The van der Waals surface area contributed by atoms with Crippen LogP contribution in [0.15, 0.2) is 30.3 Å². The van der Waals surface area contributed by atoms with Crippen LogP contribution in [0.3, 0.4) is 0 Å². The minimum atomic E-state index is -0.483. The van der Waals surface area contributed by atoms with Crippen LogP contribution in [0.1, 0.15) is 31.2 Å². The predicted octanol–water partition coefficient (Wildman–Crippen LogP) is 1.29. The summed E-state index contributed by atoms with van der Waals surface area (Å²) in [5.41, 5.74) is 1.34. The molecule has 0 bridgehead atoms. The Morgan fingerprint density at radius 2 is 1.70 bits per heavy atom. The fourth-order valence-corrected chi connectivity index (χ4v) is 2.99. The van der Waals surface area contributed by atoms with Crippen molar-refractivity contribution < 1.29 is 9.59 Å². The minimum absolute atomic E-state index is 0.231. The van der Waals surface area contributed by atoms with Gasteiger partial charge in [-0.15, -0.1) is 0 Å². The lowest BCUT2D eigenvalue weighted by Gasteiger charge is -2.32. The highest BCUT2D eigenvalue weighted by Crippen LogP contribution is 2.19. The first-order valence-corrected chi connectivity index (χ1v) is 8.55. The van der Waals surface area contributed by atoms with Crippen LogP contribution in [-0.4, -0.2) is 42.4 Å². The number of nitrogens with one attached hydrogen (secondary N) is 2. The molecule has 0 unspecified atom stereocenters. The van der Waals surface area contributed by atoms with Gasteiger partial charge >= 0.3 is 11.8 Å². The van der Waals surface area contributed by atoms with Crippen LogP contribution in [0.25, 0.3) is 0 Å². The Morgan fingerprint density at radius 1 is 1.00 bits per heavy atom. The third-order valence-corrected chi connectivity index (χ3v) is 4.63. The maximum Gasteiger partial charge on any atom is 0.309 e. The molecule has 0 aromatic heterocycles. The number of carbonyl (C=O) groups is 2. The zero-order valence-electron chi connectivity index (χ0n) is 13.5. The largest absolute Gasteiger partial charge is 0.348 e. The maximum absolute atomic E-state index is 11.7. The van der Waals surface area contributed by atoms with Crippen molar-refractivity contribution in [2.75, 3.05) is 19.6 Å². The zero-order chi connectivity index (χ0) is 16.1. The third-order valence-electron chi connectivity index (χ3n) is 4.63. The van der Waals surface area contributed by atoms with Gasteiger partial charge in [0.2, 0.25) is 0 Å². The second-order valence-electron chi connectivity index (χ2n) is 6.66. The number of nitrogens with zero attached hydrogens (tertiary/aromatic N) is 1. The molecule has 1 aromatic carbocycles. The number of likely N-dealkylation sites (tertiary alicyclic amines) is 1. The van der Waals surface area contributed by atoms with Crippen molar-refractivity contribution in [3.63, 3.8) is 0 Å². The monoisotopic (exact) mass is 315 g/mol. The number of piperidine rings is 1. The van der Waals surface area contributed by atoms with E-state index in [1.54, 1.807) is 0 Å². The smallest absolute Gasteiger partial charge is 0.309 e. The lowest BCUT2D eigenvalue weighted by Crippen LogP contribution is -2.44. The van der Waals surface area contributed by atoms with Gasteiger partial charge in [-0.25, -0.2) is 0 Å². The van der Waals surface area contributed by atoms with Crippen LogP contribution in [0.5, 0.6) is 0 Å². The van der Waals surface area contributed by atoms with Crippen LogP contribution in [-0.2, 0) is 16.1 Å². The molecule has 2 amide bonds. The summed E-state index contributed by atoms with van der Waals surface area (Å²) in [7, 11) is 0. The molecule has 5 nitrogen and oxygen atoms in total. The summed E-state index contributed by atoms with van der Waals surface area (Å²) >= 11 is 0. The van der Waals surface area contributed by atoms with E-state index in [1.807, 2.05) is 6.07 Å². The highest BCUT2D eigenvalue weighted by atomic mass is 16.2. The molecule has 1 saturated heterocycles. The molecule has 0 atom stereocenters. The van der Waals surface area contributed by atoms with Crippen molar-refractivity contribution in [2.45, 2.75) is 38.3 Å². The predicted molar refractivity (Wildman–Crippen MR) is 88.6 cm³/mol. The second kappa shape index (κ2) is 7.59. The first kappa shape index (κ1) is 16.0. The first-order chi connectivity index (χ1) is 11.2. The fraction of sp³-hybridized carbons (Fsp3) is 0.556. The number of rotatable bonds is 5. The van der Waals surface area contributed by atoms with Gasteiger partial charge in [-0.3, -0.25) is 14.5 Å². The van der Waals surface area contributed by atoms with Crippen LogP contribution in [0.2, 0.25) is 0 Å².